The van der Waals surface area contributed by atoms with Crippen molar-refractivity contribution < 1.29 is 14.7 Å². The maximum atomic E-state index is 11.7. The number of hydrogen-bond donors (Lipinski definition) is 1. The maximum absolute atomic E-state index is 11.7. The van der Waals surface area contributed by atoms with Crippen LogP contribution in [0.1, 0.15) is 37.9 Å². The van der Waals surface area contributed by atoms with Gasteiger partial charge in [0.05, 0.1) is 0 Å². The molecular weight excluding hydrogens is 230 g/mol. The number of nitrogens with zero attached hydrogens (tertiary/aromatic N) is 1. The lowest BCUT2D eigenvalue weighted by atomic mass is 10.0. The largest absolute Gasteiger partial charge is 0.479 e. The summed E-state index contributed by atoms with van der Waals surface area (Å²) in [5, 5.41) is 9.39. The molecule has 0 aromatic heterocycles. The molecule has 1 amide bonds. The smallest absolute Gasteiger partial charge is 0.331 e. The van der Waals surface area contributed by atoms with Gasteiger partial charge in [-0.05, 0) is 26.3 Å². The first-order valence-corrected chi connectivity index (χ1v) is 5.93. The van der Waals surface area contributed by atoms with Crippen molar-refractivity contribution in [2.45, 2.75) is 39.8 Å². The minimum Gasteiger partial charge on any atom is -0.479 e. The van der Waals surface area contributed by atoms with Gasteiger partial charge in [-0.2, -0.15) is 0 Å². The monoisotopic (exact) mass is 249 g/mol. The van der Waals surface area contributed by atoms with E-state index in [9.17, 15) is 14.7 Å². The van der Waals surface area contributed by atoms with Gasteiger partial charge in [0.1, 0.15) is 0 Å². The van der Waals surface area contributed by atoms with E-state index in [4.69, 9.17) is 0 Å². The van der Waals surface area contributed by atoms with Crippen molar-refractivity contribution in [2.75, 3.05) is 0 Å². The van der Waals surface area contributed by atoms with Crippen molar-refractivity contribution >= 4 is 11.9 Å². The second-order valence-corrected chi connectivity index (χ2v) is 4.67. The number of carboxylic acids is 1. The first-order chi connectivity index (χ1) is 8.34. The molecule has 0 bridgehead atoms. The van der Waals surface area contributed by atoms with E-state index >= 15 is 0 Å². The Labute approximate surface area is 107 Å². The van der Waals surface area contributed by atoms with Crippen molar-refractivity contribution in [1.29, 1.82) is 0 Å². The Hall–Kier alpha value is -1.84. The summed E-state index contributed by atoms with van der Waals surface area (Å²) in [5.74, 6) is -1.25. The molecular formula is C14H19NO3. The topological polar surface area (TPSA) is 57.6 Å². The van der Waals surface area contributed by atoms with Gasteiger partial charge in [-0.15, -0.1) is 0 Å². The van der Waals surface area contributed by atoms with Gasteiger partial charge >= 0.3 is 5.97 Å². The molecule has 18 heavy (non-hydrogen) atoms. The molecule has 4 heteroatoms. The fraction of sp³-hybridized carbons (Fsp3) is 0.429. The molecule has 1 rings (SSSR count). The Kier molecular flexibility index (Phi) is 4.48. The first-order valence-electron chi connectivity index (χ1n) is 5.93. The summed E-state index contributed by atoms with van der Waals surface area (Å²) in [6.07, 6.45) is 0. The van der Waals surface area contributed by atoms with E-state index in [1.807, 2.05) is 26.8 Å². The number of rotatable bonds is 4. The molecule has 0 radical (unpaired) electrons. The lowest BCUT2D eigenvalue weighted by Gasteiger charge is -2.32. The Morgan fingerprint density at radius 2 is 1.89 bits per heavy atom. The molecule has 4 nitrogen and oxygen atoms in total. The highest BCUT2D eigenvalue weighted by Crippen LogP contribution is 2.24. The van der Waals surface area contributed by atoms with Crippen LogP contribution in [-0.2, 0) is 9.59 Å². The van der Waals surface area contributed by atoms with E-state index in [0.29, 0.717) is 5.56 Å². The number of aliphatic carboxylic acids is 1. The number of benzene rings is 1. The van der Waals surface area contributed by atoms with Crippen LogP contribution in [0.2, 0.25) is 0 Å². The van der Waals surface area contributed by atoms with Crippen LogP contribution in [0.4, 0.5) is 0 Å². The van der Waals surface area contributed by atoms with Crippen LogP contribution >= 0.6 is 0 Å². The summed E-state index contributed by atoms with van der Waals surface area (Å²) in [6.45, 7) is 6.92. The number of carbonyl (C=O) groups is 2. The first kappa shape index (κ1) is 14.2. The third kappa shape index (κ3) is 3.09. The molecule has 0 saturated heterocycles. The predicted molar refractivity (Wildman–Crippen MR) is 69.2 cm³/mol. The van der Waals surface area contributed by atoms with Crippen molar-refractivity contribution in [3.63, 3.8) is 0 Å². The van der Waals surface area contributed by atoms with Gasteiger partial charge in [0.15, 0.2) is 6.04 Å². The molecule has 0 fully saturated rings. The maximum Gasteiger partial charge on any atom is 0.331 e. The van der Waals surface area contributed by atoms with Crippen molar-refractivity contribution in [1.82, 2.24) is 4.90 Å². The summed E-state index contributed by atoms with van der Waals surface area (Å²) in [7, 11) is 0. The minimum absolute atomic E-state index is 0.163. The normalized spacial score (nSPS) is 12.3. The Morgan fingerprint density at radius 1 is 1.28 bits per heavy atom. The molecule has 1 aromatic carbocycles. The predicted octanol–water partition coefficient (Wildman–Crippen LogP) is 2.38. The lowest BCUT2D eigenvalue weighted by molar-refractivity contribution is -0.151. The van der Waals surface area contributed by atoms with E-state index in [-0.39, 0.29) is 11.9 Å². The summed E-state index contributed by atoms with van der Waals surface area (Å²) < 4.78 is 0. The zero-order valence-corrected chi connectivity index (χ0v) is 11.2. The lowest BCUT2D eigenvalue weighted by Crippen LogP contribution is -2.42. The SMILES string of the molecule is CC(=O)N(C(C)C)C(C(=O)O)c1cccc(C)c1. The molecule has 0 spiro atoms. The van der Waals surface area contributed by atoms with Crippen LogP contribution < -0.4 is 0 Å². The Bertz CT molecular complexity index is 454. The number of amides is 1. The van der Waals surface area contributed by atoms with Crippen LogP contribution in [0.3, 0.4) is 0 Å². The molecule has 0 aliphatic rings. The Balaban J connectivity index is 3.24. The van der Waals surface area contributed by atoms with Crippen molar-refractivity contribution in [3.8, 4) is 0 Å². The molecule has 1 unspecified atom stereocenters. The summed E-state index contributed by atoms with van der Waals surface area (Å²) in [6, 6.07) is 6.16. The highest BCUT2D eigenvalue weighted by Gasteiger charge is 2.31. The molecule has 0 aliphatic heterocycles. The van der Waals surface area contributed by atoms with E-state index in [0.717, 1.165) is 5.56 Å². The Morgan fingerprint density at radius 3 is 2.28 bits per heavy atom. The van der Waals surface area contributed by atoms with Gasteiger partial charge in [0, 0.05) is 13.0 Å². The molecule has 0 aliphatic carbocycles. The number of aryl methyl sites for hydroxylation is 1. The molecule has 0 saturated carbocycles. The fourth-order valence-corrected chi connectivity index (χ4v) is 2.11. The highest BCUT2D eigenvalue weighted by atomic mass is 16.4. The molecule has 1 atom stereocenters. The second kappa shape index (κ2) is 5.67. The minimum atomic E-state index is -1.01. The standard InChI is InChI=1S/C14H19NO3/c1-9(2)15(11(4)16)13(14(17)18)12-7-5-6-10(3)8-12/h5-9,13H,1-4H3,(H,17,18). The average molecular weight is 249 g/mol. The second-order valence-electron chi connectivity index (χ2n) is 4.67. The molecule has 1 N–H and O–H groups in total. The van der Waals surface area contributed by atoms with Crippen LogP contribution in [0, 0.1) is 6.92 Å². The van der Waals surface area contributed by atoms with Gasteiger partial charge in [-0.25, -0.2) is 4.79 Å². The van der Waals surface area contributed by atoms with E-state index in [1.54, 1.807) is 18.2 Å². The van der Waals surface area contributed by atoms with E-state index < -0.39 is 12.0 Å². The molecule has 1 aromatic rings. The zero-order chi connectivity index (χ0) is 13.9. The summed E-state index contributed by atoms with van der Waals surface area (Å²) in [5.41, 5.74) is 1.61. The van der Waals surface area contributed by atoms with Crippen molar-refractivity contribution in [3.05, 3.63) is 35.4 Å². The number of carboxylic acid groups (broad SMARTS) is 1. The third-order valence-electron chi connectivity index (χ3n) is 2.79. The van der Waals surface area contributed by atoms with Gasteiger partial charge < -0.3 is 10.0 Å². The van der Waals surface area contributed by atoms with Crippen LogP contribution in [0.25, 0.3) is 0 Å². The number of hydrogen-bond acceptors (Lipinski definition) is 2. The van der Waals surface area contributed by atoms with Crippen LogP contribution in [0.15, 0.2) is 24.3 Å². The third-order valence-corrected chi connectivity index (χ3v) is 2.79. The van der Waals surface area contributed by atoms with Crippen LogP contribution in [0.5, 0.6) is 0 Å². The van der Waals surface area contributed by atoms with E-state index in [1.165, 1.54) is 11.8 Å². The van der Waals surface area contributed by atoms with Gasteiger partial charge in [-0.1, -0.05) is 29.8 Å². The fourth-order valence-electron chi connectivity index (χ4n) is 2.11. The number of carbonyl (C=O) groups excluding carboxylic acids is 1. The van der Waals surface area contributed by atoms with Crippen LogP contribution in [-0.4, -0.2) is 27.9 Å². The summed E-state index contributed by atoms with van der Waals surface area (Å²) >= 11 is 0. The zero-order valence-electron chi connectivity index (χ0n) is 11.2. The average Bonchev–Trinajstić information content (AvgIpc) is 2.23. The van der Waals surface area contributed by atoms with Gasteiger partial charge in [-0.3, -0.25) is 4.79 Å². The van der Waals surface area contributed by atoms with E-state index in [2.05, 4.69) is 0 Å². The molecule has 98 valence electrons. The van der Waals surface area contributed by atoms with Crippen molar-refractivity contribution in [2.24, 2.45) is 0 Å². The van der Waals surface area contributed by atoms with Gasteiger partial charge in [0.2, 0.25) is 5.91 Å². The summed E-state index contributed by atoms with van der Waals surface area (Å²) in [4.78, 5) is 24.5. The molecule has 0 heterocycles. The quantitative estimate of drug-likeness (QED) is 0.891. The highest BCUT2D eigenvalue weighted by molar-refractivity contribution is 5.83. The van der Waals surface area contributed by atoms with Gasteiger partial charge in [0.25, 0.3) is 0 Å².